The molecule has 0 aliphatic rings. The molecule has 3 aromatic rings. The Bertz CT molecular complexity index is 863. The van der Waals surface area contributed by atoms with Crippen LogP contribution in [0.25, 0.3) is 5.69 Å². The van der Waals surface area contributed by atoms with Crippen molar-refractivity contribution in [3.05, 3.63) is 72.6 Å². The highest BCUT2D eigenvalue weighted by Gasteiger charge is 2.11. The average Bonchev–Trinajstić information content (AvgIpc) is 3.11. The van der Waals surface area contributed by atoms with Gasteiger partial charge in [-0.2, -0.15) is 5.10 Å². The second kappa shape index (κ2) is 8.69. The fourth-order valence-corrected chi connectivity index (χ4v) is 3.24. The Labute approximate surface area is 158 Å². The van der Waals surface area contributed by atoms with Crippen LogP contribution in [-0.2, 0) is 11.3 Å². The second-order valence-electron chi connectivity index (χ2n) is 6.01. The van der Waals surface area contributed by atoms with Gasteiger partial charge in [0.2, 0.25) is 5.91 Å². The van der Waals surface area contributed by atoms with E-state index in [1.165, 1.54) is 0 Å². The summed E-state index contributed by atoms with van der Waals surface area (Å²) in [5, 5.41) is 7.56. The lowest BCUT2D eigenvalue weighted by Gasteiger charge is -2.16. The van der Waals surface area contributed by atoms with Crippen molar-refractivity contribution in [2.24, 2.45) is 0 Å². The first kappa shape index (κ1) is 18.2. The Morgan fingerprint density at radius 2 is 1.85 bits per heavy atom. The molecule has 1 heterocycles. The van der Waals surface area contributed by atoms with E-state index in [2.05, 4.69) is 10.4 Å². The number of nitrogens with zero attached hydrogens (tertiary/aromatic N) is 3. The predicted octanol–water partition coefficient (Wildman–Crippen LogP) is 3.66. The molecule has 0 saturated carbocycles. The lowest BCUT2D eigenvalue weighted by molar-refractivity contribution is -0.117. The van der Waals surface area contributed by atoms with Gasteiger partial charge in [0.1, 0.15) is 0 Å². The fraction of sp³-hybridized carbons (Fsp3) is 0.200. The van der Waals surface area contributed by atoms with E-state index in [-0.39, 0.29) is 5.91 Å². The molecular weight excluding hydrogens is 344 g/mol. The molecular formula is C20H22N4OS. The predicted molar refractivity (Wildman–Crippen MR) is 107 cm³/mol. The van der Waals surface area contributed by atoms with Gasteiger partial charge in [-0.3, -0.25) is 9.69 Å². The SMILES string of the molecule is CSc1ccccc1NC(=O)CN(C)Cc1ccn(-c2ccccc2)n1. The maximum atomic E-state index is 12.3. The fourth-order valence-electron chi connectivity index (χ4n) is 2.69. The van der Waals surface area contributed by atoms with Gasteiger partial charge in [0.05, 0.1) is 23.6 Å². The summed E-state index contributed by atoms with van der Waals surface area (Å²) in [4.78, 5) is 15.3. The van der Waals surface area contributed by atoms with Crippen LogP contribution in [0.4, 0.5) is 5.69 Å². The first-order chi connectivity index (χ1) is 12.7. The summed E-state index contributed by atoms with van der Waals surface area (Å²) >= 11 is 1.62. The highest BCUT2D eigenvalue weighted by molar-refractivity contribution is 7.98. The number of carbonyl (C=O) groups excluding carboxylic acids is 1. The van der Waals surface area contributed by atoms with Crippen LogP contribution in [0.15, 0.2) is 71.8 Å². The van der Waals surface area contributed by atoms with Crippen LogP contribution in [0.3, 0.4) is 0 Å². The van der Waals surface area contributed by atoms with Gasteiger partial charge in [0.15, 0.2) is 0 Å². The number of likely N-dealkylation sites (N-methyl/N-ethyl adjacent to an activating group) is 1. The third kappa shape index (κ3) is 4.74. The van der Waals surface area contributed by atoms with Crippen molar-refractivity contribution in [1.82, 2.24) is 14.7 Å². The number of thioether (sulfide) groups is 1. The molecule has 0 radical (unpaired) electrons. The van der Waals surface area contributed by atoms with Gasteiger partial charge in [-0.05, 0) is 43.6 Å². The Hall–Kier alpha value is -2.57. The molecule has 1 N–H and O–H groups in total. The van der Waals surface area contributed by atoms with E-state index in [1.807, 2.05) is 89.7 Å². The van der Waals surface area contributed by atoms with Gasteiger partial charge >= 0.3 is 0 Å². The number of hydrogen-bond acceptors (Lipinski definition) is 4. The highest BCUT2D eigenvalue weighted by atomic mass is 32.2. The van der Waals surface area contributed by atoms with Crippen LogP contribution < -0.4 is 5.32 Å². The van der Waals surface area contributed by atoms with Crippen molar-refractivity contribution in [3.8, 4) is 5.69 Å². The standard InChI is InChI=1S/C20H22N4OS/c1-23(15-20(25)21-18-10-6-7-11-19(18)26-2)14-16-12-13-24(22-16)17-8-4-3-5-9-17/h3-13H,14-15H2,1-2H3,(H,21,25). The monoisotopic (exact) mass is 366 g/mol. The summed E-state index contributed by atoms with van der Waals surface area (Å²) in [7, 11) is 1.92. The van der Waals surface area contributed by atoms with Gasteiger partial charge in [0.25, 0.3) is 0 Å². The van der Waals surface area contributed by atoms with Crippen LogP contribution in [0.5, 0.6) is 0 Å². The van der Waals surface area contributed by atoms with Crippen molar-refractivity contribution in [2.45, 2.75) is 11.4 Å². The van der Waals surface area contributed by atoms with E-state index in [9.17, 15) is 4.79 Å². The van der Waals surface area contributed by atoms with Gasteiger partial charge < -0.3 is 5.32 Å². The highest BCUT2D eigenvalue weighted by Crippen LogP contribution is 2.24. The van der Waals surface area contributed by atoms with E-state index in [0.29, 0.717) is 13.1 Å². The van der Waals surface area contributed by atoms with Crippen molar-refractivity contribution >= 4 is 23.4 Å². The molecule has 0 bridgehead atoms. The third-order valence-electron chi connectivity index (χ3n) is 3.89. The molecule has 6 heteroatoms. The van der Waals surface area contributed by atoms with Crippen LogP contribution in [-0.4, -0.2) is 40.4 Å². The third-order valence-corrected chi connectivity index (χ3v) is 4.69. The molecule has 5 nitrogen and oxygen atoms in total. The molecule has 3 rings (SSSR count). The summed E-state index contributed by atoms with van der Waals surface area (Å²) in [6, 6.07) is 19.8. The van der Waals surface area contributed by atoms with Crippen molar-refractivity contribution in [2.75, 3.05) is 25.2 Å². The second-order valence-corrected chi connectivity index (χ2v) is 6.86. The number of amides is 1. The van der Waals surface area contributed by atoms with Gasteiger partial charge in [-0.1, -0.05) is 30.3 Å². The van der Waals surface area contributed by atoms with E-state index in [4.69, 9.17) is 0 Å². The molecule has 1 amide bonds. The van der Waals surface area contributed by atoms with Gasteiger partial charge in [-0.25, -0.2) is 4.68 Å². The summed E-state index contributed by atoms with van der Waals surface area (Å²) in [5.74, 6) is -0.0310. The van der Waals surface area contributed by atoms with Crippen molar-refractivity contribution in [3.63, 3.8) is 0 Å². The number of nitrogens with one attached hydrogen (secondary N) is 1. The van der Waals surface area contributed by atoms with E-state index in [1.54, 1.807) is 11.8 Å². The number of anilines is 1. The van der Waals surface area contributed by atoms with E-state index in [0.717, 1.165) is 22.0 Å². The van der Waals surface area contributed by atoms with Crippen LogP contribution in [0.2, 0.25) is 0 Å². The minimum absolute atomic E-state index is 0.0310. The van der Waals surface area contributed by atoms with E-state index >= 15 is 0 Å². The Morgan fingerprint density at radius 1 is 1.12 bits per heavy atom. The van der Waals surface area contributed by atoms with Crippen LogP contribution in [0, 0.1) is 0 Å². The topological polar surface area (TPSA) is 50.2 Å². The first-order valence-electron chi connectivity index (χ1n) is 8.37. The minimum Gasteiger partial charge on any atom is -0.324 e. The van der Waals surface area contributed by atoms with Crippen LogP contribution in [0.1, 0.15) is 5.69 Å². The number of carbonyl (C=O) groups is 1. The molecule has 0 atom stereocenters. The molecule has 134 valence electrons. The minimum atomic E-state index is -0.0310. The maximum Gasteiger partial charge on any atom is 0.238 e. The molecule has 26 heavy (non-hydrogen) atoms. The number of benzene rings is 2. The summed E-state index contributed by atoms with van der Waals surface area (Å²) in [6.45, 7) is 0.915. The number of para-hydroxylation sites is 2. The molecule has 0 fully saturated rings. The maximum absolute atomic E-state index is 12.3. The molecule has 0 spiro atoms. The Kier molecular flexibility index (Phi) is 6.09. The zero-order valence-electron chi connectivity index (χ0n) is 14.9. The number of rotatable bonds is 7. The molecule has 0 saturated heterocycles. The van der Waals surface area contributed by atoms with Gasteiger partial charge in [-0.15, -0.1) is 11.8 Å². The largest absolute Gasteiger partial charge is 0.324 e. The Morgan fingerprint density at radius 3 is 2.62 bits per heavy atom. The quantitative estimate of drug-likeness (QED) is 0.648. The zero-order valence-corrected chi connectivity index (χ0v) is 15.7. The molecule has 0 unspecified atom stereocenters. The normalized spacial score (nSPS) is 10.9. The van der Waals surface area contributed by atoms with Crippen molar-refractivity contribution in [1.29, 1.82) is 0 Å². The summed E-state index contributed by atoms with van der Waals surface area (Å²) < 4.78 is 1.85. The number of hydrogen-bond donors (Lipinski definition) is 1. The smallest absolute Gasteiger partial charge is 0.238 e. The van der Waals surface area contributed by atoms with Crippen LogP contribution >= 0.6 is 11.8 Å². The zero-order chi connectivity index (χ0) is 18.4. The van der Waals surface area contributed by atoms with Crippen molar-refractivity contribution < 1.29 is 4.79 Å². The molecule has 2 aromatic carbocycles. The average molecular weight is 366 g/mol. The molecule has 0 aliphatic heterocycles. The number of aromatic nitrogens is 2. The summed E-state index contributed by atoms with van der Waals surface area (Å²) in [5.41, 5.74) is 2.80. The van der Waals surface area contributed by atoms with E-state index < -0.39 is 0 Å². The van der Waals surface area contributed by atoms with Gasteiger partial charge in [0, 0.05) is 17.6 Å². The first-order valence-corrected chi connectivity index (χ1v) is 9.59. The summed E-state index contributed by atoms with van der Waals surface area (Å²) in [6.07, 6.45) is 3.94. The lowest BCUT2D eigenvalue weighted by Crippen LogP contribution is -2.30. The Balaban J connectivity index is 1.56. The molecule has 0 aliphatic carbocycles. The molecule has 1 aromatic heterocycles. The lowest BCUT2D eigenvalue weighted by atomic mass is 10.3.